The van der Waals surface area contributed by atoms with Crippen LogP contribution in [0.4, 0.5) is 10.5 Å². The van der Waals surface area contributed by atoms with Crippen LogP contribution in [-0.4, -0.2) is 52.9 Å². The molecule has 0 aliphatic carbocycles. The molecule has 1 fully saturated rings. The molecule has 1 aromatic heterocycles. The number of rotatable bonds is 2. The van der Waals surface area contributed by atoms with Gasteiger partial charge in [-0.2, -0.15) is 0 Å². The molecule has 2 aromatic carbocycles. The summed E-state index contributed by atoms with van der Waals surface area (Å²) in [7, 11) is 0. The third-order valence-corrected chi connectivity index (χ3v) is 5.25. The summed E-state index contributed by atoms with van der Waals surface area (Å²) in [5, 5.41) is 4.99. The van der Waals surface area contributed by atoms with Gasteiger partial charge in [0, 0.05) is 52.8 Å². The Morgan fingerprint density at radius 2 is 1.50 bits per heavy atom. The molecule has 0 unspecified atom stereocenters. The number of nitrogens with one attached hydrogen (secondary N) is 2. The maximum absolute atomic E-state index is 12.8. The molecule has 0 radical (unpaired) electrons. The number of hydrogen-bond acceptors (Lipinski definition) is 2. The highest BCUT2D eigenvalue weighted by atomic mass is 35.5. The van der Waals surface area contributed by atoms with Gasteiger partial charge < -0.3 is 20.1 Å². The van der Waals surface area contributed by atoms with Crippen LogP contribution in [-0.2, 0) is 0 Å². The van der Waals surface area contributed by atoms with Gasteiger partial charge in [0.05, 0.1) is 0 Å². The first-order valence-electron chi connectivity index (χ1n) is 8.89. The van der Waals surface area contributed by atoms with Gasteiger partial charge >= 0.3 is 6.03 Å². The monoisotopic (exact) mass is 416 g/mol. The normalized spacial score (nSPS) is 14.4. The largest absolute Gasteiger partial charge is 0.351 e. The molecule has 2 N–H and O–H groups in total. The van der Waals surface area contributed by atoms with Crippen molar-refractivity contribution in [3.63, 3.8) is 0 Å². The van der Waals surface area contributed by atoms with Gasteiger partial charge in [-0.25, -0.2) is 4.79 Å². The minimum absolute atomic E-state index is 0.0786. The lowest BCUT2D eigenvalue weighted by molar-refractivity contribution is 0.0667. The average Bonchev–Trinajstić information content (AvgIpc) is 3.12. The number of nitrogens with zero attached hydrogens (tertiary/aromatic N) is 2. The first kappa shape index (κ1) is 18.7. The maximum Gasteiger partial charge on any atom is 0.321 e. The number of urea groups is 1. The number of halogens is 2. The first-order valence-corrected chi connectivity index (χ1v) is 9.64. The van der Waals surface area contributed by atoms with Crippen LogP contribution in [0.1, 0.15) is 10.5 Å². The summed E-state index contributed by atoms with van der Waals surface area (Å²) in [6.07, 6.45) is 0. The van der Waals surface area contributed by atoms with Crippen molar-refractivity contribution in [3.05, 3.63) is 64.3 Å². The van der Waals surface area contributed by atoms with E-state index < -0.39 is 0 Å². The predicted octanol–water partition coefficient (Wildman–Crippen LogP) is 4.46. The highest BCUT2D eigenvalue weighted by molar-refractivity contribution is 6.31. The van der Waals surface area contributed by atoms with Crippen LogP contribution in [0.15, 0.2) is 48.5 Å². The molecule has 4 rings (SSSR count). The molecule has 144 valence electrons. The van der Waals surface area contributed by atoms with E-state index in [0.717, 1.165) is 10.9 Å². The van der Waals surface area contributed by atoms with Gasteiger partial charge in [0.15, 0.2) is 0 Å². The summed E-state index contributed by atoms with van der Waals surface area (Å²) < 4.78 is 0. The lowest BCUT2D eigenvalue weighted by Crippen LogP contribution is -2.51. The molecule has 2 heterocycles. The molecule has 0 saturated carbocycles. The second kappa shape index (κ2) is 7.73. The molecule has 1 saturated heterocycles. The van der Waals surface area contributed by atoms with Crippen molar-refractivity contribution in [2.75, 3.05) is 31.5 Å². The van der Waals surface area contributed by atoms with Crippen molar-refractivity contribution in [2.45, 2.75) is 0 Å². The lowest BCUT2D eigenvalue weighted by atomic mass is 10.2. The molecular formula is C20H18Cl2N4O2. The maximum atomic E-state index is 12.8. The Balaban J connectivity index is 1.36. The number of carbonyl (C=O) groups excluding carboxylic acids is 2. The van der Waals surface area contributed by atoms with Crippen LogP contribution in [0.25, 0.3) is 10.9 Å². The van der Waals surface area contributed by atoms with E-state index >= 15 is 0 Å². The minimum atomic E-state index is -0.185. The highest BCUT2D eigenvalue weighted by Crippen LogP contribution is 2.21. The number of amides is 3. The summed E-state index contributed by atoms with van der Waals surface area (Å²) in [6.45, 7) is 1.89. The second-order valence-electron chi connectivity index (χ2n) is 6.63. The van der Waals surface area contributed by atoms with Gasteiger partial charge in [-0.3, -0.25) is 4.79 Å². The van der Waals surface area contributed by atoms with E-state index in [2.05, 4.69) is 10.3 Å². The van der Waals surface area contributed by atoms with E-state index in [1.54, 1.807) is 40.1 Å². The van der Waals surface area contributed by atoms with Crippen molar-refractivity contribution in [1.29, 1.82) is 0 Å². The fourth-order valence-electron chi connectivity index (χ4n) is 3.24. The molecule has 28 heavy (non-hydrogen) atoms. The van der Waals surface area contributed by atoms with Gasteiger partial charge in [-0.05, 0) is 48.5 Å². The summed E-state index contributed by atoms with van der Waals surface area (Å²) >= 11 is 11.9. The summed E-state index contributed by atoms with van der Waals surface area (Å²) in [6, 6.07) is 14.0. The molecule has 6 nitrogen and oxygen atoms in total. The zero-order chi connectivity index (χ0) is 19.7. The number of H-pyrrole nitrogens is 1. The SMILES string of the molecule is O=C(Nc1ccc(Cl)cc1)N1CCN(C(=O)c2cc3cc(Cl)ccc3[nH]2)CC1. The molecule has 0 spiro atoms. The molecule has 1 aliphatic heterocycles. The molecule has 8 heteroatoms. The second-order valence-corrected chi connectivity index (χ2v) is 7.50. The zero-order valence-electron chi connectivity index (χ0n) is 14.9. The van der Waals surface area contributed by atoms with Crippen LogP contribution < -0.4 is 5.32 Å². The van der Waals surface area contributed by atoms with Gasteiger partial charge in [0.25, 0.3) is 5.91 Å². The molecule has 0 atom stereocenters. The van der Waals surface area contributed by atoms with E-state index in [1.165, 1.54) is 0 Å². The van der Waals surface area contributed by atoms with Crippen molar-refractivity contribution < 1.29 is 9.59 Å². The number of aromatic nitrogens is 1. The fraction of sp³-hybridized carbons (Fsp3) is 0.200. The van der Waals surface area contributed by atoms with E-state index in [-0.39, 0.29) is 11.9 Å². The number of carbonyl (C=O) groups is 2. The lowest BCUT2D eigenvalue weighted by Gasteiger charge is -2.34. The minimum Gasteiger partial charge on any atom is -0.351 e. The Kier molecular flexibility index (Phi) is 5.15. The molecule has 3 aromatic rings. The third kappa shape index (κ3) is 3.93. The van der Waals surface area contributed by atoms with Crippen LogP contribution in [0.5, 0.6) is 0 Å². The molecule has 0 bridgehead atoms. The number of anilines is 1. The van der Waals surface area contributed by atoms with Crippen molar-refractivity contribution in [3.8, 4) is 0 Å². The highest BCUT2D eigenvalue weighted by Gasteiger charge is 2.25. The number of hydrogen-bond donors (Lipinski definition) is 2. The van der Waals surface area contributed by atoms with Crippen LogP contribution in [0, 0.1) is 0 Å². The van der Waals surface area contributed by atoms with E-state index in [0.29, 0.717) is 47.6 Å². The predicted molar refractivity (Wildman–Crippen MR) is 111 cm³/mol. The third-order valence-electron chi connectivity index (χ3n) is 4.76. The Morgan fingerprint density at radius 1 is 0.857 bits per heavy atom. The number of benzene rings is 2. The molecular weight excluding hydrogens is 399 g/mol. The van der Waals surface area contributed by atoms with Gasteiger partial charge in [0.1, 0.15) is 5.69 Å². The standard InChI is InChI=1S/C20H18Cl2N4O2/c21-14-1-4-16(5-2-14)23-20(28)26-9-7-25(8-10-26)19(27)18-12-13-11-15(22)3-6-17(13)24-18/h1-6,11-12,24H,7-10H2,(H,23,28). The Morgan fingerprint density at radius 3 is 2.21 bits per heavy atom. The smallest absolute Gasteiger partial charge is 0.321 e. The van der Waals surface area contributed by atoms with Crippen molar-refractivity contribution >= 4 is 51.7 Å². The number of piperazine rings is 1. The zero-order valence-corrected chi connectivity index (χ0v) is 16.4. The van der Waals surface area contributed by atoms with Crippen LogP contribution in [0.2, 0.25) is 10.0 Å². The van der Waals surface area contributed by atoms with Crippen molar-refractivity contribution in [2.24, 2.45) is 0 Å². The quantitative estimate of drug-likeness (QED) is 0.646. The van der Waals surface area contributed by atoms with Crippen molar-refractivity contribution in [1.82, 2.24) is 14.8 Å². The van der Waals surface area contributed by atoms with Gasteiger partial charge in [-0.1, -0.05) is 23.2 Å². The molecule has 3 amide bonds. The van der Waals surface area contributed by atoms with Crippen LogP contribution >= 0.6 is 23.2 Å². The molecule has 1 aliphatic rings. The van der Waals surface area contributed by atoms with E-state index in [1.807, 2.05) is 18.2 Å². The fourth-order valence-corrected chi connectivity index (χ4v) is 3.54. The van der Waals surface area contributed by atoms with Gasteiger partial charge in [0.2, 0.25) is 0 Å². The number of fused-ring (bicyclic) bond motifs is 1. The Labute approximate surface area is 172 Å². The first-order chi connectivity index (χ1) is 13.5. The Hall–Kier alpha value is -2.70. The summed E-state index contributed by atoms with van der Waals surface area (Å²) in [5.41, 5.74) is 2.08. The topological polar surface area (TPSA) is 68.4 Å². The van der Waals surface area contributed by atoms with Crippen LogP contribution in [0.3, 0.4) is 0 Å². The summed E-state index contributed by atoms with van der Waals surface area (Å²) in [5.74, 6) is -0.0786. The Bertz CT molecular complexity index is 1020. The van der Waals surface area contributed by atoms with E-state index in [9.17, 15) is 9.59 Å². The van der Waals surface area contributed by atoms with E-state index in [4.69, 9.17) is 23.2 Å². The summed E-state index contributed by atoms with van der Waals surface area (Å²) in [4.78, 5) is 31.8. The average molecular weight is 417 g/mol. The van der Waals surface area contributed by atoms with Gasteiger partial charge in [-0.15, -0.1) is 0 Å². The number of aromatic amines is 1.